The van der Waals surface area contributed by atoms with Gasteiger partial charge in [-0.15, -0.1) is 0 Å². The highest BCUT2D eigenvalue weighted by Crippen LogP contribution is 2.32. The van der Waals surface area contributed by atoms with E-state index in [-0.39, 0.29) is 12.4 Å². The van der Waals surface area contributed by atoms with E-state index in [1.807, 2.05) is 0 Å². The van der Waals surface area contributed by atoms with Crippen molar-refractivity contribution >= 4 is 0 Å². The van der Waals surface area contributed by atoms with Gasteiger partial charge in [-0.3, -0.25) is 0 Å². The van der Waals surface area contributed by atoms with Crippen LogP contribution in [0.5, 0.6) is 0 Å². The number of benzene rings is 1. The molecule has 1 aliphatic rings. The third-order valence-electron chi connectivity index (χ3n) is 3.28. The molecule has 0 unspecified atom stereocenters. The van der Waals surface area contributed by atoms with Crippen LogP contribution >= 0.6 is 0 Å². The van der Waals surface area contributed by atoms with Gasteiger partial charge in [-0.1, -0.05) is 12.1 Å². The molecule has 0 spiro atoms. The van der Waals surface area contributed by atoms with E-state index in [0.717, 1.165) is 17.9 Å². The van der Waals surface area contributed by atoms with Crippen molar-refractivity contribution in [3.05, 3.63) is 47.7 Å². The highest BCUT2D eigenvalue weighted by molar-refractivity contribution is 5.58. The zero-order valence-electron chi connectivity index (χ0n) is 11.1. The van der Waals surface area contributed by atoms with Crippen molar-refractivity contribution in [2.24, 2.45) is 0 Å². The molecule has 114 valence electrons. The molecule has 21 heavy (non-hydrogen) atoms. The van der Waals surface area contributed by atoms with Crippen molar-refractivity contribution in [3.8, 4) is 11.3 Å². The lowest BCUT2D eigenvalue weighted by atomic mass is 10.1. The second kappa shape index (κ2) is 6.12. The molecule has 2 aromatic rings. The summed E-state index contributed by atoms with van der Waals surface area (Å²) in [5.41, 5.74) is -0.221. The maximum absolute atomic E-state index is 12.7. The van der Waals surface area contributed by atoms with E-state index in [0.29, 0.717) is 23.9 Å². The minimum Gasteiger partial charge on any atom is -1.00 e. The SMILES string of the molecule is FC(F)(F)c1cccc(-c2ccc(CNC3CC3)o2)c1.[Cl-]. The monoisotopic (exact) mass is 316 g/mol. The van der Waals surface area contributed by atoms with Gasteiger partial charge in [-0.25, -0.2) is 0 Å². The van der Waals surface area contributed by atoms with E-state index >= 15 is 0 Å². The molecule has 0 atom stereocenters. The van der Waals surface area contributed by atoms with E-state index in [1.54, 1.807) is 18.2 Å². The Labute approximate surface area is 126 Å². The first-order valence-electron chi connectivity index (χ1n) is 6.52. The summed E-state index contributed by atoms with van der Waals surface area (Å²) in [5.74, 6) is 1.20. The third kappa shape index (κ3) is 4.02. The van der Waals surface area contributed by atoms with Crippen LogP contribution in [-0.2, 0) is 12.7 Å². The Morgan fingerprint density at radius 2 is 1.90 bits per heavy atom. The minimum atomic E-state index is -4.33. The summed E-state index contributed by atoms with van der Waals surface area (Å²) >= 11 is 0. The van der Waals surface area contributed by atoms with Crippen molar-refractivity contribution in [1.82, 2.24) is 5.32 Å². The second-order valence-corrected chi connectivity index (χ2v) is 5.00. The molecule has 1 heterocycles. The lowest BCUT2D eigenvalue weighted by Crippen LogP contribution is -3.00. The van der Waals surface area contributed by atoms with E-state index in [4.69, 9.17) is 4.42 Å². The summed E-state index contributed by atoms with van der Waals surface area (Å²) in [6, 6.07) is 9.25. The van der Waals surface area contributed by atoms with Gasteiger partial charge in [-0.05, 0) is 37.1 Å². The molecule has 1 N–H and O–H groups in total. The smallest absolute Gasteiger partial charge is 0.416 e. The maximum atomic E-state index is 12.7. The van der Waals surface area contributed by atoms with Gasteiger partial charge in [0.2, 0.25) is 0 Å². The number of furan rings is 1. The van der Waals surface area contributed by atoms with Crippen LogP contribution in [0.15, 0.2) is 40.8 Å². The largest absolute Gasteiger partial charge is 1.00 e. The van der Waals surface area contributed by atoms with Gasteiger partial charge in [0.05, 0.1) is 12.1 Å². The standard InChI is InChI=1S/C15H14F3NO.ClH/c16-15(17,18)11-3-1-2-10(8-11)14-7-6-13(20-14)9-19-12-4-5-12;/h1-3,6-8,12,19H,4-5,9H2;1H/p-1. The molecular formula is C15H14ClF3NO-. The van der Waals surface area contributed by atoms with Crippen LogP contribution in [0.4, 0.5) is 13.2 Å². The lowest BCUT2D eigenvalue weighted by molar-refractivity contribution is -0.137. The Bertz CT molecular complexity index is 605. The average molecular weight is 317 g/mol. The number of hydrogen-bond acceptors (Lipinski definition) is 2. The lowest BCUT2D eigenvalue weighted by Gasteiger charge is -2.07. The predicted octanol–water partition coefficient (Wildman–Crippen LogP) is 1.22. The zero-order valence-corrected chi connectivity index (χ0v) is 11.8. The van der Waals surface area contributed by atoms with Crippen LogP contribution in [0.25, 0.3) is 11.3 Å². The van der Waals surface area contributed by atoms with Gasteiger partial charge in [0.15, 0.2) is 0 Å². The molecule has 1 saturated carbocycles. The molecule has 0 aliphatic heterocycles. The van der Waals surface area contributed by atoms with Gasteiger partial charge in [0.1, 0.15) is 11.5 Å². The molecular weight excluding hydrogens is 303 g/mol. The zero-order chi connectivity index (χ0) is 14.2. The second-order valence-electron chi connectivity index (χ2n) is 5.00. The Morgan fingerprint density at radius 3 is 2.57 bits per heavy atom. The molecule has 2 nitrogen and oxygen atoms in total. The van der Waals surface area contributed by atoms with Crippen molar-refractivity contribution < 1.29 is 30.0 Å². The Morgan fingerprint density at radius 1 is 1.14 bits per heavy atom. The molecule has 1 aliphatic carbocycles. The Balaban J connectivity index is 0.00000161. The normalized spacial score (nSPS) is 14.8. The first-order chi connectivity index (χ1) is 9.52. The molecule has 6 heteroatoms. The van der Waals surface area contributed by atoms with Crippen LogP contribution in [0, 0.1) is 0 Å². The fraction of sp³-hybridized carbons (Fsp3) is 0.333. The number of rotatable bonds is 4. The third-order valence-corrected chi connectivity index (χ3v) is 3.28. The highest BCUT2D eigenvalue weighted by Gasteiger charge is 2.30. The molecule has 0 saturated heterocycles. The number of nitrogens with one attached hydrogen (secondary N) is 1. The quantitative estimate of drug-likeness (QED) is 0.917. The van der Waals surface area contributed by atoms with E-state index in [9.17, 15) is 13.2 Å². The van der Waals surface area contributed by atoms with Crippen molar-refractivity contribution in [2.75, 3.05) is 0 Å². The number of halogens is 4. The molecule has 0 bridgehead atoms. The topological polar surface area (TPSA) is 25.2 Å². The van der Waals surface area contributed by atoms with E-state index in [1.165, 1.54) is 18.9 Å². The summed E-state index contributed by atoms with van der Waals surface area (Å²) in [6.45, 7) is 0.615. The number of alkyl halides is 3. The molecule has 1 fully saturated rings. The molecule has 3 rings (SSSR count). The highest BCUT2D eigenvalue weighted by atomic mass is 35.5. The van der Waals surface area contributed by atoms with Crippen molar-refractivity contribution in [1.29, 1.82) is 0 Å². The van der Waals surface area contributed by atoms with Crippen molar-refractivity contribution in [2.45, 2.75) is 31.6 Å². The van der Waals surface area contributed by atoms with E-state index in [2.05, 4.69) is 5.32 Å². The molecule has 1 aromatic heterocycles. The fourth-order valence-electron chi connectivity index (χ4n) is 2.01. The van der Waals surface area contributed by atoms with Gasteiger partial charge in [0, 0.05) is 11.6 Å². The van der Waals surface area contributed by atoms with Crippen molar-refractivity contribution in [3.63, 3.8) is 0 Å². The summed E-state index contributed by atoms with van der Waals surface area (Å²) in [5, 5.41) is 3.30. The molecule has 0 amide bonds. The summed E-state index contributed by atoms with van der Waals surface area (Å²) < 4.78 is 43.6. The van der Waals surface area contributed by atoms with E-state index < -0.39 is 11.7 Å². The van der Waals surface area contributed by atoms with Crippen LogP contribution in [0.3, 0.4) is 0 Å². The van der Waals surface area contributed by atoms with Gasteiger partial charge in [0.25, 0.3) is 0 Å². The van der Waals surface area contributed by atoms with Crippen LogP contribution in [-0.4, -0.2) is 6.04 Å². The van der Waals surface area contributed by atoms with Crippen LogP contribution < -0.4 is 17.7 Å². The molecule has 0 radical (unpaired) electrons. The first kappa shape index (κ1) is 15.9. The fourth-order valence-corrected chi connectivity index (χ4v) is 2.01. The maximum Gasteiger partial charge on any atom is 0.416 e. The van der Waals surface area contributed by atoms with Crippen LogP contribution in [0.1, 0.15) is 24.2 Å². The Kier molecular flexibility index (Phi) is 4.64. The summed E-state index contributed by atoms with van der Waals surface area (Å²) in [7, 11) is 0. The summed E-state index contributed by atoms with van der Waals surface area (Å²) in [4.78, 5) is 0. The van der Waals surface area contributed by atoms with Crippen LogP contribution in [0.2, 0.25) is 0 Å². The summed E-state index contributed by atoms with van der Waals surface area (Å²) in [6.07, 6.45) is -1.97. The number of hydrogen-bond donors (Lipinski definition) is 1. The Hall–Kier alpha value is -1.46. The van der Waals surface area contributed by atoms with Gasteiger partial charge >= 0.3 is 6.18 Å². The minimum absolute atomic E-state index is 0. The molecule has 1 aromatic carbocycles. The first-order valence-corrected chi connectivity index (χ1v) is 6.52. The van der Waals surface area contributed by atoms with Gasteiger partial charge < -0.3 is 22.1 Å². The van der Waals surface area contributed by atoms with Gasteiger partial charge in [-0.2, -0.15) is 13.2 Å². The predicted molar refractivity (Wildman–Crippen MR) is 69.0 cm³/mol. The average Bonchev–Trinajstić information content (AvgIpc) is 3.12.